The maximum atomic E-state index is 11.6. The topological polar surface area (TPSA) is 139 Å². The minimum Gasteiger partial charge on any atom is -0.346 e. The third kappa shape index (κ3) is 7.71. The Morgan fingerprint density at radius 3 is 2.37 bits per heavy atom. The molecule has 110 valence electrons. The van der Waals surface area contributed by atoms with E-state index in [4.69, 9.17) is 10.6 Å². The Morgan fingerprint density at radius 2 is 1.89 bits per heavy atom. The van der Waals surface area contributed by atoms with Crippen molar-refractivity contribution in [3.05, 3.63) is 0 Å². The van der Waals surface area contributed by atoms with Gasteiger partial charge in [-0.2, -0.15) is 0 Å². The molecule has 19 heavy (non-hydrogen) atoms. The van der Waals surface area contributed by atoms with Gasteiger partial charge in [-0.1, -0.05) is 0 Å². The first kappa shape index (κ1) is 17.8. The minimum absolute atomic E-state index is 0.0397. The number of rotatable bonds is 8. The molecule has 3 unspecified atom stereocenters. The van der Waals surface area contributed by atoms with E-state index in [0.29, 0.717) is 6.29 Å². The molecule has 0 saturated heterocycles. The van der Waals surface area contributed by atoms with Crippen LogP contribution in [0.3, 0.4) is 0 Å². The third-order valence-electron chi connectivity index (χ3n) is 2.33. The smallest absolute Gasteiger partial charge is 0.242 e. The van der Waals surface area contributed by atoms with E-state index in [0.717, 1.165) is 0 Å². The second-order valence-electron chi connectivity index (χ2n) is 4.20. The predicted molar refractivity (Wildman–Crippen MR) is 70.0 cm³/mol. The van der Waals surface area contributed by atoms with Gasteiger partial charge in [0.25, 0.3) is 0 Å². The van der Waals surface area contributed by atoms with Gasteiger partial charge in [0.2, 0.25) is 11.8 Å². The summed E-state index contributed by atoms with van der Waals surface area (Å²) in [6.45, 7) is 2.95. The molecule has 9 heteroatoms. The lowest BCUT2D eigenvalue weighted by atomic mass is 10.2. The Morgan fingerprint density at radius 1 is 1.32 bits per heavy atom. The molecule has 0 bridgehead atoms. The lowest BCUT2D eigenvalue weighted by molar-refractivity contribution is -0.130. The van der Waals surface area contributed by atoms with Gasteiger partial charge in [0.1, 0.15) is 12.3 Å². The summed E-state index contributed by atoms with van der Waals surface area (Å²) in [5, 5.41) is 4.74. The van der Waals surface area contributed by atoms with Crippen LogP contribution in [0.5, 0.6) is 0 Å². The largest absolute Gasteiger partial charge is 0.346 e. The molecule has 4 atom stereocenters. The Bertz CT molecular complexity index is 363. The second kappa shape index (κ2) is 8.79. The summed E-state index contributed by atoms with van der Waals surface area (Å²) < 4.78 is 10.5. The third-order valence-corrected chi connectivity index (χ3v) is 3.05. The number of nitrogens with two attached hydrogens (primary N) is 1. The molecule has 8 nitrogen and oxygen atoms in total. The van der Waals surface area contributed by atoms with Crippen LogP contribution in [0.1, 0.15) is 20.3 Å². The lowest BCUT2D eigenvalue weighted by Crippen LogP contribution is -2.51. The average Bonchev–Trinajstić information content (AvgIpc) is 2.35. The van der Waals surface area contributed by atoms with Gasteiger partial charge >= 0.3 is 0 Å². The summed E-state index contributed by atoms with van der Waals surface area (Å²) >= 11 is 0. The summed E-state index contributed by atoms with van der Waals surface area (Å²) in [5.41, 5.74) is 5.51. The zero-order chi connectivity index (χ0) is 15.0. The number of aldehydes is 1. The zero-order valence-electron chi connectivity index (χ0n) is 10.9. The van der Waals surface area contributed by atoms with E-state index in [1.807, 2.05) is 0 Å². The first-order valence-electron chi connectivity index (χ1n) is 5.81. The molecule has 0 aromatic carbocycles. The van der Waals surface area contributed by atoms with Gasteiger partial charge in [-0.25, -0.2) is 0 Å². The van der Waals surface area contributed by atoms with Crippen LogP contribution in [-0.4, -0.2) is 47.3 Å². The van der Waals surface area contributed by atoms with Crippen LogP contribution in [0, 0.1) is 0 Å². The van der Waals surface area contributed by atoms with Crippen molar-refractivity contribution in [2.45, 2.75) is 38.4 Å². The van der Waals surface area contributed by atoms with E-state index in [1.54, 1.807) is 0 Å². The summed E-state index contributed by atoms with van der Waals surface area (Å²) in [7, 11) is -2.65. The van der Waals surface area contributed by atoms with Gasteiger partial charge in [0, 0.05) is 6.16 Å². The maximum Gasteiger partial charge on any atom is 0.242 e. The van der Waals surface area contributed by atoms with Crippen molar-refractivity contribution in [1.29, 1.82) is 0 Å². The van der Waals surface area contributed by atoms with Crippen LogP contribution in [0.4, 0.5) is 0 Å². The molecule has 0 aliphatic rings. The van der Waals surface area contributed by atoms with E-state index >= 15 is 0 Å². The fraction of sp³-hybridized carbons (Fsp3) is 0.700. The molecule has 0 aliphatic carbocycles. The van der Waals surface area contributed by atoms with Crippen molar-refractivity contribution in [3.63, 3.8) is 0 Å². The summed E-state index contributed by atoms with van der Waals surface area (Å²) in [4.78, 5) is 42.1. The van der Waals surface area contributed by atoms with Gasteiger partial charge < -0.3 is 26.1 Å². The zero-order valence-corrected chi connectivity index (χ0v) is 11.9. The van der Waals surface area contributed by atoms with E-state index < -0.39 is 38.0 Å². The molecular formula is C10H20N3O5P. The molecule has 0 aliphatic heterocycles. The van der Waals surface area contributed by atoms with Crippen LogP contribution in [-0.2, 0) is 18.9 Å². The van der Waals surface area contributed by atoms with Crippen LogP contribution >= 0.6 is 8.03 Å². The molecule has 0 rings (SSSR count). The number of hydrogen-bond donors (Lipinski definition) is 4. The number of hydrogen-bond acceptors (Lipinski definition) is 5. The average molecular weight is 293 g/mol. The molecule has 0 radical (unpaired) electrons. The van der Waals surface area contributed by atoms with Crippen molar-refractivity contribution < 1.29 is 23.8 Å². The van der Waals surface area contributed by atoms with E-state index in [9.17, 15) is 18.9 Å². The summed E-state index contributed by atoms with van der Waals surface area (Å²) in [5.74, 6) is -1.08. The van der Waals surface area contributed by atoms with Gasteiger partial charge in [-0.15, -0.1) is 0 Å². The van der Waals surface area contributed by atoms with E-state index in [-0.39, 0.29) is 12.6 Å². The second-order valence-corrected chi connectivity index (χ2v) is 5.49. The highest BCUT2D eigenvalue weighted by Crippen LogP contribution is 2.14. The number of nitrogens with one attached hydrogen (secondary N) is 2. The lowest BCUT2D eigenvalue weighted by Gasteiger charge is -2.18. The van der Waals surface area contributed by atoms with Crippen molar-refractivity contribution in [1.82, 2.24) is 10.6 Å². The molecule has 0 heterocycles. The highest BCUT2D eigenvalue weighted by atomic mass is 31.1. The SMILES string of the molecule is CC(NC(=O)C(N)CC[PH](=O)O)C(=O)N[C@@H](C)C=O. The maximum absolute atomic E-state index is 11.6. The Kier molecular flexibility index (Phi) is 8.22. The van der Waals surface area contributed by atoms with Gasteiger partial charge in [-0.05, 0) is 20.3 Å². The number of amides is 2. The highest BCUT2D eigenvalue weighted by molar-refractivity contribution is 7.37. The van der Waals surface area contributed by atoms with E-state index in [2.05, 4.69) is 10.6 Å². The summed E-state index contributed by atoms with van der Waals surface area (Å²) in [6.07, 6.45) is 0.596. The van der Waals surface area contributed by atoms with Crippen LogP contribution in [0.15, 0.2) is 0 Å². The van der Waals surface area contributed by atoms with Crippen molar-refractivity contribution in [3.8, 4) is 0 Å². The normalized spacial score (nSPS) is 16.8. The molecular weight excluding hydrogens is 273 g/mol. The Labute approximate surface area is 112 Å². The molecule has 0 fully saturated rings. The Balaban J connectivity index is 4.20. The molecule has 5 N–H and O–H groups in total. The number of carbonyl (C=O) groups is 3. The van der Waals surface area contributed by atoms with E-state index in [1.165, 1.54) is 13.8 Å². The van der Waals surface area contributed by atoms with Gasteiger partial charge in [0.05, 0.1) is 12.1 Å². The predicted octanol–water partition coefficient (Wildman–Crippen LogP) is -1.62. The van der Waals surface area contributed by atoms with Crippen molar-refractivity contribution in [2.24, 2.45) is 5.73 Å². The van der Waals surface area contributed by atoms with Crippen LogP contribution < -0.4 is 16.4 Å². The fourth-order valence-corrected chi connectivity index (χ4v) is 1.74. The highest BCUT2D eigenvalue weighted by Gasteiger charge is 2.20. The quantitative estimate of drug-likeness (QED) is 0.313. The molecule has 2 amide bonds. The first-order chi connectivity index (χ1) is 8.77. The number of carbonyl (C=O) groups excluding carboxylic acids is 3. The fourth-order valence-electron chi connectivity index (χ4n) is 1.18. The van der Waals surface area contributed by atoms with Crippen molar-refractivity contribution >= 4 is 26.1 Å². The standard InChI is InChI=1S/C10H20N3O5P/c1-6(5-14)12-9(15)7(2)13-10(16)8(11)3-4-19(17)18/h5-8,19H,3-4,11H2,1-2H3,(H,12,15)(H,13,16)(H,17,18)/t6-,7?,8?/m0/s1. The molecule has 0 saturated carbocycles. The van der Waals surface area contributed by atoms with Crippen molar-refractivity contribution in [2.75, 3.05) is 6.16 Å². The Hall–Kier alpha value is -1.24. The molecule has 0 spiro atoms. The van der Waals surface area contributed by atoms with Crippen LogP contribution in [0.25, 0.3) is 0 Å². The molecule has 0 aromatic rings. The monoisotopic (exact) mass is 293 g/mol. The summed E-state index contributed by atoms with van der Waals surface area (Å²) in [6, 6.07) is -2.42. The molecule has 0 aromatic heterocycles. The van der Waals surface area contributed by atoms with Gasteiger partial charge in [-0.3, -0.25) is 14.2 Å². The van der Waals surface area contributed by atoms with Gasteiger partial charge in [0.15, 0.2) is 8.03 Å². The van der Waals surface area contributed by atoms with Crippen LogP contribution in [0.2, 0.25) is 0 Å². The minimum atomic E-state index is -2.65. The first-order valence-corrected chi connectivity index (χ1v) is 7.37.